The Morgan fingerprint density at radius 1 is 1.25 bits per heavy atom. The molecule has 0 fully saturated rings. The molecule has 2 atom stereocenters. The van der Waals surface area contributed by atoms with E-state index in [2.05, 4.69) is 0 Å². The molecule has 0 aliphatic rings. The molecule has 0 saturated heterocycles. The van der Waals surface area contributed by atoms with Crippen LogP contribution in [0.1, 0.15) is 33.6 Å². The van der Waals surface area contributed by atoms with E-state index in [9.17, 15) is 13.2 Å². The first-order valence-electron chi connectivity index (χ1n) is 5.68. The highest BCUT2D eigenvalue weighted by molar-refractivity contribution is 5.28. The zero-order valence-corrected chi connectivity index (χ0v) is 9.21. The molecule has 16 heavy (non-hydrogen) atoms. The zero-order chi connectivity index (χ0) is 13.1. The molecule has 1 aromatic rings. The summed E-state index contributed by atoms with van der Waals surface area (Å²) in [4.78, 5) is 0. The highest BCUT2D eigenvalue weighted by Crippen LogP contribution is 2.30. The maximum absolute atomic E-state index is 12.3. The minimum Gasteiger partial charge on any atom is -0.490 e. The largest absolute Gasteiger partial charge is 0.490 e. The van der Waals surface area contributed by atoms with E-state index in [1.54, 1.807) is 6.92 Å². The lowest BCUT2D eigenvalue weighted by molar-refractivity contribution is -0.137. The van der Waals surface area contributed by atoms with Crippen molar-refractivity contribution < 1.29 is 19.3 Å². The van der Waals surface area contributed by atoms with Crippen molar-refractivity contribution in [2.24, 2.45) is 0 Å². The van der Waals surface area contributed by atoms with E-state index in [-0.39, 0.29) is 6.10 Å². The van der Waals surface area contributed by atoms with Gasteiger partial charge in [0.15, 0.2) is 0 Å². The third-order valence-corrected chi connectivity index (χ3v) is 2.24. The molecule has 0 N–H and O–H groups in total. The van der Waals surface area contributed by atoms with Gasteiger partial charge in [0, 0.05) is 1.37 Å². The van der Waals surface area contributed by atoms with E-state index in [4.69, 9.17) is 6.11 Å². The summed E-state index contributed by atoms with van der Waals surface area (Å²) in [5, 5.41) is 0. The van der Waals surface area contributed by atoms with E-state index >= 15 is 0 Å². The van der Waals surface area contributed by atoms with Crippen LogP contribution in [0.2, 0.25) is 0 Å². The van der Waals surface area contributed by atoms with Gasteiger partial charge in [0.25, 0.3) is 0 Å². The first-order chi connectivity index (χ1) is 7.84. The second-order valence-corrected chi connectivity index (χ2v) is 3.42. The fourth-order valence-electron chi connectivity index (χ4n) is 1.28. The van der Waals surface area contributed by atoms with Gasteiger partial charge in [-0.3, -0.25) is 0 Å². The standard InChI is InChI=1S/C12H15F3O/c1-3-10(4-2)16-11-7-5-9(6-8-11)12(13,14)15/h5-8,10H,3-4H2,1-2H3/i3D/t3-,10-/m1/s1. The second-order valence-electron chi connectivity index (χ2n) is 3.42. The third kappa shape index (κ3) is 3.43. The van der Waals surface area contributed by atoms with Gasteiger partial charge in [-0.25, -0.2) is 0 Å². The van der Waals surface area contributed by atoms with Crippen LogP contribution in [0, 0.1) is 0 Å². The van der Waals surface area contributed by atoms with E-state index in [0.717, 1.165) is 12.1 Å². The van der Waals surface area contributed by atoms with Crippen molar-refractivity contribution in [1.29, 1.82) is 0 Å². The molecule has 0 spiro atoms. The normalized spacial score (nSPS) is 16.4. The fraction of sp³-hybridized carbons (Fsp3) is 0.500. The summed E-state index contributed by atoms with van der Waals surface area (Å²) in [7, 11) is 0. The Bertz CT molecular complexity index is 346. The molecule has 0 unspecified atom stereocenters. The van der Waals surface area contributed by atoms with Crippen molar-refractivity contribution in [2.75, 3.05) is 0 Å². The van der Waals surface area contributed by atoms with Crippen molar-refractivity contribution in [2.45, 2.75) is 38.9 Å². The van der Waals surface area contributed by atoms with Gasteiger partial charge in [-0.2, -0.15) is 13.2 Å². The lowest BCUT2D eigenvalue weighted by Gasteiger charge is -2.16. The molecule has 1 nitrogen and oxygen atoms in total. The molecule has 1 aromatic carbocycles. The quantitative estimate of drug-likeness (QED) is 0.754. The van der Waals surface area contributed by atoms with Crippen LogP contribution in [0.4, 0.5) is 13.2 Å². The van der Waals surface area contributed by atoms with Crippen LogP contribution < -0.4 is 4.74 Å². The van der Waals surface area contributed by atoms with E-state index in [0.29, 0.717) is 12.2 Å². The molecule has 1 rings (SSSR count). The smallest absolute Gasteiger partial charge is 0.416 e. The predicted octanol–water partition coefficient (Wildman–Crippen LogP) is 4.27. The highest BCUT2D eigenvalue weighted by atomic mass is 19.4. The van der Waals surface area contributed by atoms with Crippen LogP contribution in [0.3, 0.4) is 0 Å². The van der Waals surface area contributed by atoms with Crippen molar-refractivity contribution in [3.63, 3.8) is 0 Å². The first kappa shape index (κ1) is 11.3. The lowest BCUT2D eigenvalue weighted by atomic mass is 10.2. The summed E-state index contributed by atoms with van der Waals surface area (Å²) >= 11 is 0. The molecular weight excluding hydrogens is 217 g/mol. The van der Waals surface area contributed by atoms with Crippen LogP contribution in [0.15, 0.2) is 24.3 Å². The van der Waals surface area contributed by atoms with Crippen LogP contribution in [0.5, 0.6) is 5.75 Å². The summed E-state index contributed by atoms with van der Waals surface area (Å²) in [6, 6.07) is 4.54. The highest BCUT2D eigenvalue weighted by Gasteiger charge is 2.30. The molecule has 0 aromatic heterocycles. The van der Waals surface area contributed by atoms with Crippen molar-refractivity contribution in [3.8, 4) is 5.75 Å². The topological polar surface area (TPSA) is 9.23 Å². The van der Waals surface area contributed by atoms with Crippen molar-refractivity contribution >= 4 is 0 Å². The maximum Gasteiger partial charge on any atom is 0.416 e. The molecule has 90 valence electrons. The number of hydrogen-bond donors (Lipinski definition) is 0. The number of ether oxygens (including phenoxy) is 1. The van der Waals surface area contributed by atoms with Gasteiger partial charge in [-0.1, -0.05) is 13.8 Å². The van der Waals surface area contributed by atoms with E-state index < -0.39 is 18.1 Å². The number of rotatable bonds is 4. The average Bonchev–Trinajstić information content (AvgIpc) is 2.25. The Kier molecular flexibility index (Phi) is 3.70. The Morgan fingerprint density at radius 3 is 2.19 bits per heavy atom. The fourth-order valence-corrected chi connectivity index (χ4v) is 1.28. The molecule has 0 aliphatic heterocycles. The molecule has 0 saturated carbocycles. The Morgan fingerprint density at radius 2 is 1.81 bits per heavy atom. The van der Waals surface area contributed by atoms with Gasteiger partial charge >= 0.3 is 6.18 Å². The van der Waals surface area contributed by atoms with Gasteiger partial charge in [-0.15, -0.1) is 0 Å². The van der Waals surface area contributed by atoms with Crippen LogP contribution in [-0.4, -0.2) is 6.10 Å². The Labute approximate surface area is 94.6 Å². The number of hydrogen-bond acceptors (Lipinski definition) is 1. The van der Waals surface area contributed by atoms with Gasteiger partial charge in [0.1, 0.15) is 5.75 Å². The number of alkyl halides is 3. The first-order valence-corrected chi connectivity index (χ1v) is 5.10. The lowest BCUT2D eigenvalue weighted by Crippen LogP contribution is -2.13. The van der Waals surface area contributed by atoms with Gasteiger partial charge in [0.2, 0.25) is 0 Å². The molecule has 0 heterocycles. The van der Waals surface area contributed by atoms with Gasteiger partial charge in [-0.05, 0) is 37.1 Å². The number of halogens is 3. The zero-order valence-electron chi connectivity index (χ0n) is 10.2. The molecule has 4 heteroatoms. The monoisotopic (exact) mass is 233 g/mol. The minimum absolute atomic E-state index is 0.299. The molecule has 0 bridgehead atoms. The Hall–Kier alpha value is -1.19. The van der Waals surface area contributed by atoms with Gasteiger partial charge < -0.3 is 4.74 Å². The second kappa shape index (κ2) is 5.23. The predicted molar refractivity (Wildman–Crippen MR) is 56.4 cm³/mol. The SMILES string of the molecule is [2H][C@H](C)[C@H](CC)Oc1ccc(C(F)(F)F)cc1. The summed E-state index contributed by atoms with van der Waals surface area (Å²) in [5.74, 6) is 0.365. The molecular formula is C12H15F3O. The van der Waals surface area contributed by atoms with Crippen molar-refractivity contribution in [1.82, 2.24) is 0 Å². The van der Waals surface area contributed by atoms with Crippen LogP contribution in [-0.2, 0) is 6.18 Å². The number of benzene rings is 1. The van der Waals surface area contributed by atoms with E-state index in [1.165, 1.54) is 12.1 Å². The average molecular weight is 233 g/mol. The van der Waals surface area contributed by atoms with E-state index in [1.807, 2.05) is 6.92 Å². The summed E-state index contributed by atoms with van der Waals surface area (Å²) < 4.78 is 49.9. The maximum atomic E-state index is 12.3. The molecule has 0 aliphatic carbocycles. The van der Waals surface area contributed by atoms with Crippen LogP contribution in [0.25, 0.3) is 0 Å². The van der Waals surface area contributed by atoms with Crippen LogP contribution >= 0.6 is 0 Å². The Balaban J connectivity index is 2.75. The summed E-state index contributed by atoms with van der Waals surface area (Å²) in [5.41, 5.74) is -0.697. The molecule has 0 radical (unpaired) electrons. The summed E-state index contributed by atoms with van der Waals surface area (Å²) in [6.45, 7) is 3.57. The van der Waals surface area contributed by atoms with Gasteiger partial charge in [0.05, 0.1) is 11.7 Å². The summed E-state index contributed by atoms with van der Waals surface area (Å²) in [6.07, 6.45) is -4.40. The third-order valence-electron chi connectivity index (χ3n) is 2.24. The van der Waals surface area contributed by atoms with Crippen molar-refractivity contribution in [3.05, 3.63) is 29.8 Å². The minimum atomic E-state index is -4.33. The molecule has 0 amide bonds.